The van der Waals surface area contributed by atoms with Gasteiger partial charge < -0.3 is 5.11 Å². The Bertz CT molecular complexity index is 499. The Morgan fingerprint density at radius 2 is 2.12 bits per heavy atom. The van der Waals surface area contributed by atoms with Crippen molar-refractivity contribution in [3.63, 3.8) is 0 Å². The molecular weight excluding hydrogens is 216 g/mol. The van der Waals surface area contributed by atoms with E-state index in [1.165, 1.54) is 11.0 Å². The van der Waals surface area contributed by atoms with E-state index in [0.29, 0.717) is 5.82 Å². The molecule has 4 nitrogen and oxygen atoms in total. The first-order valence-corrected chi connectivity index (χ1v) is 4.62. The molecule has 0 aliphatic carbocycles. The van der Waals surface area contributed by atoms with Gasteiger partial charge in [-0.2, -0.15) is 5.10 Å². The van der Waals surface area contributed by atoms with E-state index < -0.39 is 11.6 Å². The Balaban J connectivity index is 2.30. The van der Waals surface area contributed by atoms with Crippen molar-refractivity contribution in [2.24, 2.45) is 0 Å². The second-order valence-electron chi connectivity index (χ2n) is 3.23. The molecule has 0 aliphatic heterocycles. The van der Waals surface area contributed by atoms with Crippen LogP contribution in [-0.2, 0) is 13.2 Å². The molecule has 2 aromatic rings. The maximum atomic E-state index is 13.3. The van der Waals surface area contributed by atoms with Gasteiger partial charge in [0.25, 0.3) is 0 Å². The highest BCUT2D eigenvalue weighted by Crippen LogP contribution is 2.11. The summed E-state index contributed by atoms with van der Waals surface area (Å²) >= 11 is 0. The van der Waals surface area contributed by atoms with Crippen LogP contribution in [0.15, 0.2) is 24.5 Å². The van der Waals surface area contributed by atoms with Gasteiger partial charge in [-0.3, -0.25) is 0 Å². The molecule has 16 heavy (non-hydrogen) atoms. The van der Waals surface area contributed by atoms with Gasteiger partial charge in [0.2, 0.25) is 0 Å². The molecule has 2 rings (SSSR count). The van der Waals surface area contributed by atoms with Crippen molar-refractivity contribution in [1.29, 1.82) is 0 Å². The number of nitrogens with zero attached hydrogens (tertiary/aromatic N) is 3. The van der Waals surface area contributed by atoms with Gasteiger partial charge in [-0.05, 0) is 18.2 Å². The molecule has 1 N–H and O–H groups in total. The van der Waals surface area contributed by atoms with Gasteiger partial charge in [0.05, 0.1) is 6.54 Å². The normalized spacial score (nSPS) is 10.7. The molecule has 0 aliphatic rings. The van der Waals surface area contributed by atoms with Crippen molar-refractivity contribution in [1.82, 2.24) is 14.8 Å². The lowest BCUT2D eigenvalue weighted by Crippen LogP contribution is -2.08. The SMILES string of the molecule is OCc1ncnn1Cc1cc(F)ccc1F. The molecule has 0 bridgehead atoms. The van der Waals surface area contributed by atoms with Gasteiger partial charge in [-0.15, -0.1) is 0 Å². The average molecular weight is 225 g/mol. The molecule has 0 radical (unpaired) electrons. The summed E-state index contributed by atoms with van der Waals surface area (Å²) < 4.78 is 27.5. The van der Waals surface area contributed by atoms with Crippen LogP contribution in [0.4, 0.5) is 8.78 Å². The van der Waals surface area contributed by atoms with Crippen molar-refractivity contribution in [2.75, 3.05) is 0 Å². The lowest BCUT2D eigenvalue weighted by molar-refractivity contribution is 0.263. The van der Waals surface area contributed by atoms with Crippen LogP contribution in [0.3, 0.4) is 0 Å². The average Bonchev–Trinajstić information content (AvgIpc) is 2.71. The molecular formula is C10H9F2N3O. The quantitative estimate of drug-likeness (QED) is 0.850. The highest BCUT2D eigenvalue weighted by Gasteiger charge is 2.08. The Morgan fingerprint density at radius 3 is 2.88 bits per heavy atom. The lowest BCUT2D eigenvalue weighted by atomic mass is 10.2. The van der Waals surface area contributed by atoms with Crippen LogP contribution in [0.25, 0.3) is 0 Å². The van der Waals surface area contributed by atoms with E-state index in [4.69, 9.17) is 5.11 Å². The first kappa shape index (κ1) is 10.7. The smallest absolute Gasteiger partial charge is 0.152 e. The summed E-state index contributed by atoms with van der Waals surface area (Å²) in [7, 11) is 0. The first-order valence-electron chi connectivity index (χ1n) is 4.62. The third-order valence-corrected chi connectivity index (χ3v) is 2.17. The fraction of sp³-hybridized carbons (Fsp3) is 0.200. The summed E-state index contributed by atoms with van der Waals surface area (Å²) in [6.45, 7) is -0.254. The summed E-state index contributed by atoms with van der Waals surface area (Å²) in [5, 5.41) is 12.7. The summed E-state index contributed by atoms with van der Waals surface area (Å²) in [5.74, 6) is -0.716. The second-order valence-corrected chi connectivity index (χ2v) is 3.23. The standard InChI is InChI=1S/C10H9F2N3O/c11-8-1-2-9(12)7(3-8)4-15-10(5-16)13-6-14-15/h1-3,6,16H,4-5H2. The van der Waals surface area contributed by atoms with Gasteiger partial charge in [0.1, 0.15) is 24.6 Å². The fourth-order valence-corrected chi connectivity index (χ4v) is 1.37. The number of halogens is 2. The number of aliphatic hydroxyl groups excluding tert-OH is 1. The van der Waals surface area contributed by atoms with Crippen LogP contribution in [0.5, 0.6) is 0 Å². The van der Waals surface area contributed by atoms with E-state index in [1.807, 2.05) is 0 Å². The molecule has 1 heterocycles. The highest BCUT2D eigenvalue weighted by atomic mass is 19.1. The third-order valence-electron chi connectivity index (χ3n) is 2.17. The predicted molar refractivity (Wildman–Crippen MR) is 51.4 cm³/mol. The molecule has 1 aromatic heterocycles. The van der Waals surface area contributed by atoms with Gasteiger partial charge in [0, 0.05) is 5.56 Å². The largest absolute Gasteiger partial charge is 0.388 e. The van der Waals surface area contributed by atoms with Crippen LogP contribution in [0, 0.1) is 11.6 Å². The minimum atomic E-state index is -0.513. The molecule has 0 saturated heterocycles. The van der Waals surface area contributed by atoms with E-state index in [0.717, 1.165) is 18.2 Å². The van der Waals surface area contributed by atoms with Crippen LogP contribution in [-0.4, -0.2) is 19.9 Å². The van der Waals surface area contributed by atoms with E-state index in [9.17, 15) is 8.78 Å². The zero-order chi connectivity index (χ0) is 11.5. The Kier molecular flexibility index (Phi) is 2.91. The van der Waals surface area contributed by atoms with Crippen molar-refractivity contribution in [3.05, 3.63) is 47.5 Å². The van der Waals surface area contributed by atoms with Gasteiger partial charge in [0.15, 0.2) is 5.82 Å². The predicted octanol–water partition coefficient (Wildman–Crippen LogP) is 1.10. The van der Waals surface area contributed by atoms with Gasteiger partial charge in [-0.1, -0.05) is 0 Å². The zero-order valence-corrected chi connectivity index (χ0v) is 8.27. The van der Waals surface area contributed by atoms with E-state index in [1.54, 1.807) is 0 Å². The maximum Gasteiger partial charge on any atom is 0.152 e. The highest BCUT2D eigenvalue weighted by molar-refractivity contribution is 5.19. The van der Waals surface area contributed by atoms with Crippen LogP contribution >= 0.6 is 0 Å². The topological polar surface area (TPSA) is 50.9 Å². The number of hydrogen-bond donors (Lipinski definition) is 1. The molecule has 0 spiro atoms. The number of aromatic nitrogens is 3. The second kappa shape index (κ2) is 4.36. The zero-order valence-electron chi connectivity index (χ0n) is 8.27. The summed E-state index contributed by atoms with van der Waals surface area (Å²) in [6, 6.07) is 3.20. The Labute approximate surface area is 90.2 Å². The van der Waals surface area contributed by atoms with Crippen LogP contribution in [0.2, 0.25) is 0 Å². The van der Waals surface area contributed by atoms with Crippen molar-refractivity contribution < 1.29 is 13.9 Å². The molecule has 84 valence electrons. The molecule has 0 fully saturated rings. The number of aliphatic hydroxyl groups is 1. The molecule has 1 aromatic carbocycles. The molecule has 0 amide bonds. The van der Waals surface area contributed by atoms with E-state index in [2.05, 4.69) is 10.1 Å². The summed E-state index contributed by atoms with van der Waals surface area (Å²) in [4.78, 5) is 3.77. The lowest BCUT2D eigenvalue weighted by Gasteiger charge is -2.05. The molecule has 0 saturated carbocycles. The minimum Gasteiger partial charge on any atom is -0.388 e. The van der Waals surface area contributed by atoms with Gasteiger partial charge >= 0.3 is 0 Å². The van der Waals surface area contributed by atoms with Crippen LogP contribution in [0.1, 0.15) is 11.4 Å². The summed E-state index contributed by atoms with van der Waals surface area (Å²) in [5.41, 5.74) is 0.167. The number of rotatable bonds is 3. The monoisotopic (exact) mass is 225 g/mol. The number of hydrogen-bond acceptors (Lipinski definition) is 3. The van der Waals surface area contributed by atoms with Crippen molar-refractivity contribution in [3.8, 4) is 0 Å². The first-order chi connectivity index (χ1) is 7.70. The number of benzene rings is 1. The molecule has 0 atom stereocenters. The van der Waals surface area contributed by atoms with Gasteiger partial charge in [-0.25, -0.2) is 18.4 Å². The maximum absolute atomic E-state index is 13.3. The third kappa shape index (κ3) is 2.06. The van der Waals surface area contributed by atoms with E-state index >= 15 is 0 Å². The van der Waals surface area contributed by atoms with Crippen molar-refractivity contribution >= 4 is 0 Å². The Hall–Kier alpha value is -1.82. The van der Waals surface area contributed by atoms with E-state index in [-0.39, 0.29) is 18.7 Å². The van der Waals surface area contributed by atoms with Crippen molar-refractivity contribution in [2.45, 2.75) is 13.2 Å². The molecule has 0 unspecified atom stereocenters. The summed E-state index contributed by atoms with van der Waals surface area (Å²) in [6.07, 6.45) is 1.25. The fourth-order valence-electron chi connectivity index (χ4n) is 1.37. The minimum absolute atomic E-state index is 0.0412. The van der Waals surface area contributed by atoms with Crippen LogP contribution < -0.4 is 0 Å². The Morgan fingerprint density at radius 1 is 1.31 bits per heavy atom. The molecule has 6 heteroatoms.